The van der Waals surface area contributed by atoms with Crippen molar-refractivity contribution in [3.8, 4) is 0 Å². The highest BCUT2D eigenvalue weighted by Crippen LogP contribution is 2.17. The lowest BCUT2D eigenvalue weighted by atomic mass is 10.0. The van der Waals surface area contributed by atoms with Crippen LogP contribution in [-0.2, 0) is 18.8 Å². The van der Waals surface area contributed by atoms with E-state index >= 15 is 0 Å². The number of hydrogen-bond donors (Lipinski definition) is 0. The van der Waals surface area contributed by atoms with E-state index < -0.39 is 10.4 Å². The Kier molecular flexibility index (Phi) is 44.2. The molecular formula is C46H94O4S. The van der Waals surface area contributed by atoms with E-state index in [2.05, 4.69) is 13.8 Å². The van der Waals surface area contributed by atoms with Gasteiger partial charge in [-0.05, 0) is 12.8 Å². The molecule has 0 aromatic heterocycles. The maximum Gasteiger partial charge on any atom is 0.399 e. The topological polar surface area (TPSA) is 52.6 Å². The molecule has 5 heteroatoms. The SMILES string of the molecule is CCCCCCCCCCCCCCCCCCCCCCCOS(=O)(=O)OCCCCCCCCCCCCCCCCCCCCCCC. The van der Waals surface area contributed by atoms with E-state index in [0.717, 1.165) is 25.7 Å². The molecule has 0 heterocycles. The fraction of sp³-hybridized carbons (Fsp3) is 1.00. The zero-order valence-corrected chi connectivity index (χ0v) is 36.0. The van der Waals surface area contributed by atoms with Crippen molar-refractivity contribution in [2.24, 2.45) is 0 Å². The second kappa shape index (κ2) is 44.3. The van der Waals surface area contributed by atoms with Crippen LogP contribution in [0.25, 0.3) is 0 Å². The van der Waals surface area contributed by atoms with E-state index in [1.165, 1.54) is 244 Å². The normalized spacial score (nSPS) is 12.0. The van der Waals surface area contributed by atoms with Gasteiger partial charge in [0.1, 0.15) is 0 Å². The number of rotatable bonds is 46. The summed E-state index contributed by atoms with van der Waals surface area (Å²) in [6, 6.07) is 0. The molecule has 0 aliphatic heterocycles. The average Bonchev–Trinajstić information content (AvgIpc) is 3.12. The van der Waals surface area contributed by atoms with Gasteiger partial charge in [-0.3, -0.25) is 0 Å². The van der Waals surface area contributed by atoms with E-state index in [1.54, 1.807) is 0 Å². The molecule has 0 unspecified atom stereocenters. The van der Waals surface area contributed by atoms with Crippen LogP contribution in [0.5, 0.6) is 0 Å². The van der Waals surface area contributed by atoms with Crippen molar-refractivity contribution in [1.29, 1.82) is 0 Å². The van der Waals surface area contributed by atoms with Crippen molar-refractivity contribution >= 4 is 10.4 Å². The summed E-state index contributed by atoms with van der Waals surface area (Å²) >= 11 is 0. The molecule has 51 heavy (non-hydrogen) atoms. The molecule has 0 aromatic carbocycles. The van der Waals surface area contributed by atoms with Gasteiger partial charge in [0.2, 0.25) is 0 Å². The molecule has 0 aliphatic carbocycles. The fourth-order valence-electron chi connectivity index (χ4n) is 7.42. The highest BCUT2D eigenvalue weighted by atomic mass is 32.3. The molecule has 0 saturated heterocycles. The Labute approximate surface area is 322 Å². The highest BCUT2D eigenvalue weighted by Gasteiger charge is 2.11. The van der Waals surface area contributed by atoms with Crippen LogP contribution in [0.1, 0.15) is 284 Å². The summed E-state index contributed by atoms with van der Waals surface area (Å²) in [5, 5.41) is 0. The Bertz CT molecular complexity index is 671. The first-order valence-electron chi connectivity index (χ1n) is 23.7. The Morgan fingerprint density at radius 3 is 0.529 bits per heavy atom. The molecule has 0 rings (SSSR count). The molecular weight excluding hydrogens is 649 g/mol. The number of unbranched alkanes of at least 4 members (excludes halogenated alkanes) is 40. The van der Waals surface area contributed by atoms with Crippen molar-refractivity contribution in [2.75, 3.05) is 13.2 Å². The van der Waals surface area contributed by atoms with Gasteiger partial charge in [0.15, 0.2) is 0 Å². The van der Waals surface area contributed by atoms with Crippen LogP contribution >= 0.6 is 0 Å². The molecule has 0 aliphatic rings. The van der Waals surface area contributed by atoms with Crippen LogP contribution < -0.4 is 0 Å². The van der Waals surface area contributed by atoms with E-state index in [9.17, 15) is 8.42 Å². The van der Waals surface area contributed by atoms with Crippen molar-refractivity contribution in [2.45, 2.75) is 284 Å². The summed E-state index contributed by atoms with van der Waals surface area (Å²) in [6.07, 6.45) is 56.5. The summed E-state index contributed by atoms with van der Waals surface area (Å²) < 4.78 is 34.1. The molecule has 0 spiro atoms. The predicted octanol–water partition coefficient (Wildman–Crippen LogP) is 16.7. The van der Waals surface area contributed by atoms with Gasteiger partial charge < -0.3 is 0 Å². The van der Waals surface area contributed by atoms with Gasteiger partial charge in [-0.2, -0.15) is 8.42 Å². The van der Waals surface area contributed by atoms with Crippen LogP contribution in [0.3, 0.4) is 0 Å². The minimum absolute atomic E-state index is 0.251. The quantitative estimate of drug-likeness (QED) is 0.0583. The maximum atomic E-state index is 12.0. The van der Waals surface area contributed by atoms with Gasteiger partial charge in [-0.1, -0.05) is 271 Å². The minimum Gasteiger partial charge on any atom is -0.248 e. The lowest BCUT2D eigenvalue weighted by Crippen LogP contribution is -2.12. The molecule has 4 nitrogen and oxygen atoms in total. The summed E-state index contributed by atoms with van der Waals surface area (Å²) in [4.78, 5) is 0. The van der Waals surface area contributed by atoms with Gasteiger partial charge in [-0.25, -0.2) is 8.37 Å². The molecule has 0 amide bonds. The second-order valence-electron chi connectivity index (χ2n) is 16.2. The van der Waals surface area contributed by atoms with Gasteiger partial charge >= 0.3 is 10.4 Å². The fourth-order valence-corrected chi connectivity index (χ4v) is 8.14. The van der Waals surface area contributed by atoms with Crippen LogP contribution in [-0.4, -0.2) is 21.6 Å². The van der Waals surface area contributed by atoms with Crippen LogP contribution in [0, 0.1) is 0 Å². The summed E-state index contributed by atoms with van der Waals surface area (Å²) in [7, 11) is -3.83. The largest absolute Gasteiger partial charge is 0.399 e. The van der Waals surface area contributed by atoms with Crippen molar-refractivity contribution < 1.29 is 16.8 Å². The smallest absolute Gasteiger partial charge is 0.248 e. The Balaban J connectivity index is 3.24. The standard InChI is InChI=1S/C46H94O4S/c1-3-5-7-9-11-13-15-17-19-21-23-25-27-29-31-33-35-37-39-41-43-45-49-51(47,48)50-46-44-42-40-38-36-34-32-30-28-26-24-22-20-18-16-14-12-10-8-6-4-2/h3-46H2,1-2H3. The minimum atomic E-state index is -3.83. The monoisotopic (exact) mass is 743 g/mol. The zero-order valence-electron chi connectivity index (χ0n) is 35.2. The molecule has 0 saturated carbocycles. The van der Waals surface area contributed by atoms with Crippen LogP contribution in [0.2, 0.25) is 0 Å². The Morgan fingerprint density at radius 2 is 0.373 bits per heavy atom. The summed E-state index contributed by atoms with van der Waals surface area (Å²) in [5.41, 5.74) is 0. The maximum absolute atomic E-state index is 12.0. The van der Waals surface area contributed by atoms with Crippen molar-refractivity contribution in [3.05, 3.63) is 0 Å². The highest BCUT2D eigenvalue weighted by molar-refractivity contribution is 7.81. The molecule has 0 bridgehead atoms. The lowest BCUT2D eigenvalue weighted by Gasteiger charge is -2.07. The molecule has 0 aromatic rings. The van der Waals surface area contributed by atoms with Crippen molar-refractivity contribution in [1.82, 2.24) is 0 Å². The van der Waals surface area contributed by atoms with Gasteiger partial charge in [-0.15, -0.1) is 0 Å². The van der Waals surface area contributed by atoms with Gasteiger partial charge in [0.05, 0.1) is 13.2 Å². The molecule has 0 fully saturated rings. The summed E-state index contributed by atoms with van der Waals surface area (Å²) in [5.74, 6) is 0. The van der Waals surface area contributed by atoms with E-state index in [4.69, 9.17) is 8.37 Å². The van der Waals surface area contributed by atoms with Crippen molar-refractivity contribution in [3.63, 3.8) is 0 Å². The zero-order chi connectivity index (χ0) is 37.0. The predicted molar refractivity (Wildman–Crippen MR) is 226 cm³/mol. The molecule has 308 valence electrons. The van der Waals surface area contributed by atoms with E-state index in [-0.39, 0.29) is 13.2 Å². The first-order valence-corrected chi connectivity index (χ1v) is 25.0. The second-order valence-corrected chi connectivity index (χ2v) is 17.5. The number of hydrogen-bond acceptors (Lipinski definition) is 4. The third kappa shape index (κ3) is 46.0. The molecule has 0 atom stereocenters. The van der Waals surface area contributed by atoms with Gasteiger partial charge in [0.25, 0.3) is 0 Å². The Hall–Kier alpha value is -0.130. The van der Waals surface area contributed by atoms with E-state index in [0.29, 0.717) is 0 Å². The lowest BCUT2D eigenvalue weighted by molar-refractivity contribution is 0.208. The van der Waals surface area contributed by atoms with E-state index in [1.807, 2.05) is 0 Å². The van der Waals surface area contributed by atoms with Crippen LogP contribution in [0.15, 0.2) is 0 Å². The average molecular weight is 743 g/mol. The molecule has 0 N–H and O–H groups in total. The van der Waals surface area contributed by atoms with Crippen LogP contribution in [0.4, 0.5) is 0 Å². The Morgan fingerprint density at radius 1 is 0.235 bits per heavy atom. The first kappa shape index (κ1) is 50.9. The first-order chi connectivity index (χ1) is 25.1. The third-order valence-corrected chi connectivity index (χ3v) is 11.9. The summed E-state index contributed by atoms with van der Waals surface area (Å²) in [6.45, 7) is 5.09. The molecule has 0 radical (unpaired) electrons. The third-order valence-electron chi connectivity index (χ3n) is 11.0. The van der Waals surface area contributed by atoms with Gasteiger partial charge in [0, 0.05) is 0 Å².